The Balaban J connectivity index is 1.54. The van der Waals surface area contributed by atoms with Gasteiger partial charge in [-0.15, -0.1) is 0 Å². The molecule has 1 fully saturated rings. The van der Waals surface area contributed by atoms with Crippen molar-refractivity contribution in [1.29, 1.82) is 0 Å². The van der Waals surface area contributed by atoms with E-state index in [4.69, 9.17) is 9.47 Å². The second-order valence-corrected chi connectivity index (χ2v) is 9.53. The molecule has 1 saturated heterocycles. The summed E-state index contributed by atoms with van der Waals surface area (Å²) in [6, 6.07) is 8.38. The molecule has 0 bridgehead atoms. The molecule has 0 amide bonds. The number of imidazole rings is 1. The SMILES string of the molecule is CCn1c(COC(=O)c2ccc(C(F)(F)F)cc2)nc2cc(S(=O)(=O)N3CCOCC3)ccc21. The van der Waals surface area contributed by atoms with Gasteiger partial charge in [0.25, 0.3) is 0 Å². The predicted molar refractivity (Wildman–Crippen MR) is 116 cm³/mol. The normalized spacial score (nSPS) is 15.5. The summed E-state index contributed by atoms with van der Waals surface area (Å²) >= 11 is 0. The smallest absolute Gasteiger partial charge is 0.416 e. The number of hydrogen-bond donors (Lipinski definition) is 0. The molecule has 0 atom stereocenters. The maximum absolute atomic E-state index is 12.9. The fourth-order valence-corrected chi connectivity index (χ4v) is 5.16. The number of aromatic nitrogens is 2. The van der Waals surface area contributed by atoms with Crippen molar-refractivity contribution in [3.05, 3.63) is 59.4 Å². The highest BCUT2D eigenvalue weighted by molar-refractivity contribution is 7.89. The van der Waals surface area contributed by atoms with Crippen molar-refractivity contribution in [2.75, 3.05) is 26.3 Å². The summed E-state index contributed by atoms with van der Waals surface area (Å²) in [6.45, 7) is 3.33. The molecule has 1 aliphatic heterocycles. The van der Waals surface area contributed by atoms with Crippen molar-refractivity contribution in [2.24, 2.45) is 0 Å². The third-order valence-electron chi connectivity index (χ3n) is 5.50. The number of sulfonamides is 1. The number of ether oxygens (including phenoxy) is 2. The van der Waals surface area contributed by atoms with Gasteiger partial charge in [-0.2, -0.15) is 17.5 Å². The number of carbonyl (C=O) groups is 1. The van der Waals surface area contributed by atoms with Crippen LogP contribution >= 0.6 is 0 Å². The number of nitrogens with zero attached hydrogens (tertiary/aromatic N) is 3. The number of rotatable bonds is 6. The van der Waals surface area contributed by atoms with Crippen LogP contribution < -0.4 is 0 Å². The molecule has 4 rings (SSSR count). The zero-order valence-corrected chi connectivity index (χ0v) is 19.0. The molecule has 2 heterocycles. The zero-order chi connectivity index (χ0) is 24.5. The number of morpholine rings is 1. The molecule has 12 heteroatoms. The molecule has 1 aromatic heterocycles. The Labute approximate surface area is 193 Å². The minimum absolute atomic E-state index is 0.0222. The van der Waals surface area contributed by atoms with E-state index in [1.165, 1.54) is 16.4 Å². The fraction of sp³-hybridized carbons (Fsp3) is 0.364. The molecule has 0 aliphatic carbocycles. The van der Waals surface area contributed by atoms with Gasteiger partial charge in [-0.05, 0) is 49.4 Å². The molecule has 0 N–H and O–H groups in total. The van der Waals surface area contributed by atoms with Crippen LogP contribution in [0.3, 0.4) is 0 Å². The summed E-state index contributed by atoms with van der Waals surface area (Å²) in [6.07, 6.45) is -4.50. The first kappa shape index (κ1) is 24.2. The van der Waals surface area contributed by atoms with Crippen molar-refractivity contribution in [2.45, 2.75) is 31.1 Å². The molecule has 0 unspecified atom stereocenters. The molecular formula is C22H22F3N3O5S. The number of benzene rings is 2. The number of hydrogen-bond acceptors (Lipinski definition) is 6. The molecule has 3 aromatic rings. The number of aryl methyl sites for hydroxylation is 1. The van der Waals surface area contributed by atoms with Crippen LogP contribution in [0, 0.1) is 0 Å². The summed E-state index contributed by atoms with van der Waals surface area (Å²) < 4.78 is 77.6. The van der Waals surface area contributed by atoms with Crippen molar-refractivity contribution in [3.63, 3.8) is 0 Å². The summed E-state index contributed by atoms with van der Waals surface area (Å²) in [5.41, 5.74) is 0.214. The molecule has 1 aliphatic rings. The summed E-state index contributed by atoms with van der Waals surface area (Å²) in [5.74, 6) is -0.405. The largest absolute Gasteiger partial charge is 0.454 e. The first-order valence-electron chi connectivity index (χ1n) is 10.5. The predicted octanol–water partition coefficient (Wildman–Crippen LogP) is 3.45. The van der Waals surface area contributed by atoms with Crippen LogP contribution in [0.15, 0.2) is 47.4 Å². The van der Waals surface area contributed by atoms with Gasteiger partial charge in [-0.25, -0.2) is 18.2 Å². The topological polar surface area (TPSA) is 90.7 Å². The van der Waals surface area contributed by atoms with Gasteiger partial charge in [-0.3, -0.25) is 0 Å². The van der Waals surface area contributed by atoms with Gasteiger partial charge in [0.05, 0.1) is 40.3 Å². The average Bonchev–Trinajstić information content (AvgIpc) is 3.19. The van der Waals surface area contributed by atoms with Gasteiger partial charge in [0.15, 0.2) is 0 Å². The Hall–Kier alpha value is -2.96. The van der Waals surface area contributed by atoms with E-state index in [0.717, 1.165) is 24.3 Å². The molecule has 0 spiro atoms. The van der Waals surface area contributed by atoms with Crippen LogP contribution in [-0.2, 0) is 38.8 Å². The molecular weight excluding hydrogens is 475 g/mol. The molecule has 2 aromatic carbocycles. The highest BCUT2D eigenvalue weighted by Gasteiger charge is 2.30. The van der Waals surface area contributed by atoms with Crippen LogP contribution in [-0.4, -0.2) is 54.5 Å². The van der Waals surface area contributed by atoms with Crippen molar-refractivity contribution in [3.8, 4) is 0 Å². The Kier molecular flexibility index (Phi) is 6.65. The standard InChI is InChI=1S/C22H22F3N3O5S/c1-2-28-19-8-7-17(34(30,31)27-9-11-32-12-10-27)13-18(19)26-20(28)14-33-21(29)15-3-5-16(6-4-15)22(23,24)25/h3-8,13H,2,9-12,14H2,1H3. The van der Waals surface area contributed by atoms with E-state index in [2.05, 4.69) is 4.98 Å². The number of halogens is 3. The van der Waals surface area contributed by atoms with Gasteiger partial charge in [0.2, 0.25) is 10.0 Å². The lowest BCUT2D eigenvalue weighted by atomic mass is 10.1. The van der Waals surface area contributed by atoms with E-state index in [-0.39, 0.29) is 30.2 Å². The molecule has 8 nitrogen and oxygen atoms in total. The van der Waals surface area contributed by atoms with E-state index >= 15 is 0 Å². The molecule has 0 saturated carbocycles. The lowest BCUT2D eigenvalue weighted by Crippen LogP contribution is -2.40. The highest BCUT2D eigenvalue weighted by atomic mass is 32.2. The van der Waals surface area contributed by atoms with Crippen LogP contribution in [0.4, 0.5) is 13.2 Å². The highest BCUT2D eigenvalue weighted by Crippen LogP contribution is 2.29. The van der Waals surface area contributed by atoms with Crippen molar-refractivity contribution in [1.82, 2.24) is 13.9 Å². The first-order valence-corrected chi connectivity index (χ1v) is 12.0. The lowest BCUT2D eigenvalue weighted by molar-refractivity contribution is -0.137. The van der Waals surface area contributed by atoms with Gasteiger partial charge in [-0.1, -0.05) is 0 Å². The monoisotopic (exact) mass is 497 g/mol. The average molecular weight is 497 g/mol. The summed E-state index contributed by atoms with van der Waals surface area (Å²) in [7, 11) is -3.70. The third kappa shape index (κ3) is 4.79. The second kappa shape index (κ2) is 9.35. The van der Waals surface area contributed by atoms with E-state index in [0.29, 0.717) is 36.6 Å². The maximum Gasteiger partial charge on any atom is 0.416 e. The van der Waals surface area contributed by atoms with Crippen molar-refractivity contribution >= 4 is 27.0 Å². The second-order valence-electron chi connectivity index (χ2n) is 7.59. The Bertz CT molecular complexity index is 1300. The Morgan fingerprint density at radius 3 is 2.41 bits per heavy atom. The van der Waals surface area contributed by atoms with Gasteiger partial charge in [0.1, 0.15) is 12.4 Å². The van der Waals surface area contributed by atoms with Crippen LogP contribution in [0.5, 0.6) is 0 Å². The number of alkyl halides is 3. The number of carbonyl (C=O) groups excluding carboxylic acids is 1. The zero-order valence-electron chi connectivity index (χ0n) is 18.2. The first-order chi connectivity index (χ1) is 16.1. The van der Waals surface area contributed by atoms with Gasteiger partial charge >= 0.3 is 12.1 Å². The maximum atomic E-state index is 12.9. The van der Waals surface area contributed by atoms with Crippen LogP contribution in [0.1, 0.15) is 28.7 Å². The summed E-state index contributed by atoms with van der Waals surface area (Å²) in [5, 5.41) is 0. The third-order valence-corrected chi connectivity index (χ3v) is 7.40. The number of fused-ring (bicyclic) bond motifs is 1. The van der Waals surface area contributed by atoms with Crippen LogP contribution in [0.25, 0.3) is 11.0 Å². The Morgan fingerprint density at radius 1 is 1.12 bits per heavy atom. The van der Waals surface area contributed by atoms with E-state index in [1.54, 1.807) is 10.6 Å². The quantitative estimate of drug-likeness (QED) is 0.485. The van der Waals surface area contributed by atoms with Crippen LogP contribution in [0.2, 0.25) is 0 Å². The van der Waals surface area contributed by atoms with E-state index in [1.807, 2.05) is 6.92 Å². The molecule has 0 radical (unpaired) electrons. The lowest BCUT2D eigenvalue weighted by Gasteiger charge is -2.26. The minimum atomic E-state index is -4.50. The summed E-state index contributed by atoms with van der Waals surface area (Å²) in [4.78, 5) is 16.9. The van der Waals surface area contributed by atoms with Crippen molar-refractivity contribution < 1.29 is 35.9 Å². The molecule has 34 heavy (non-hydrogen) atoms. The van der Waals surface area contributed by atoms with E-state index < -0.39 is 27.7 Å². The van der Waals surface area contributed by atoms with E-state index in [9.17, 15) is 26.4 Å². The number of esters is 1. The van der Waals surface area contributed by atoms with Gasteiger partial charge < -0.3 is 14.0 Å². The fourth-order valence-electron chi connectivity index (χ4n) is 3.73. The Morgan fingerprint density at radius 2 is 1.79 bits per heavy atom. The molecule has 182 valence electrons. The minimum Gasteiger partial charge on any atom is -0.454 e. The van der Waals surface area contributed by atoms with Gasteiger partial charge in [0, 0.05) is 19.6 Å².